The van der Waals surface area contributed by atoms with Crippen LogP contribution in [0.5, 0.6) is 0 Å². The van der Waals surface area contributed by atoms with Gasteiger partial charge in [-0.3, -0.25) is 0 Å². The van der Waals surface area contributed by atoms with Crippen LogP contribution in [-0.2, 0) is 19.3 Å². The number of rotatable bonds is 27. The summed E-state index contributed by atoms with van der Waals surface area (Å²) in [6, 6.07) is 0. The van der Waals surface area contributed by atoms with E-state index in [9.17, 15) is 0 Å². The van der Waals surface area contributed by atoms with Crippen LogP contribution in [-0.4, -0.2) is 15.0 Å². The van der Waals surface area contributed by atoms with Crippen molar-refractivity contribution in [2.24, 2.45) is 0 Å². The first-order valence-corrected chi connectivity index (χ1v) is 16.3. The van der Waals surface area contributed by atoms with E-state index < -0.39 is 0 Å². The molecule has 0 aromatic carbocycles. The predicted octanol–water partition coefficient (Wildman–Crippen LogP) is 10.7. The summed E-state index contributed by atoms with van der Waals surface area (Å²) in [6.07, 6.45) is 35.4. The van der Waals surface area contributed by atoms with E-state index >= 15 is 0 Å². The molecule has 0 saturated heterocycles. The van der Waals surface area contributed by atoms with Crippen LogP contribution in [0.3, 0.4) is 0 Å². The summed E-state index contributed by atoms with van der Waals surface area (Å²) in [5.41, 5.74) is 0. The zero-order chi connectivity index (χ0) is 25.9. The molecular weight excluding hydrogens is 438 g/mol. The molecule has 0 aliphatic carbocycles. The van der Waals surface area contributed by atoms with Gasteiger partial charge in [0.2, 0.25) is 0 Å². The fourth-order valence-electron chi connectivity index (χ4n) is 5.04. The summed E-state index contributed by atoms with van der Waals surface area (Å²) in [4.78, 5) is 14.5. The van der Waals surface area contributed by atoms with Gasteiger partial charge in [-0.1, -0.05) is 156 Å². The standard InChI is InChI=1S/C33H62N3/c1-4-7-10-12-14-16-18-20-22-24-26-29-32-34-31(28-9-6-3)35-33(36-32)30-27-25-23-21-19-17-15-13-11-8-5-2/h3-30H2,1-2H3. The fraction of sp³-hybridized carbons (Fsp3) is 0.879. The van der Waals surface area contributed by atoms with Gasteiger partial charge in [-0.15, -0.1) is 0 Å². The van der Waals surface area contributed by atoms with Crippen molar-refractivity contribution in [1.82, 2.24) is 15.0 Å². The summed E-state index contributed by atoms with van der Waals surface area (Å²) in [5, 5.41) is 0. The Kier molecular flexibility index (Phi) is 23.5. The number of nitrogens with zero attached hydrogens (tertiary/aromatic N) is 3. The maximum absolute atomic E-state index is 4.87. The Morgan fingerprint density at radius 3 is 0.889 bits per heavy atom. The van der Waals surface area contributed by atoms with Crippen molar-refractivity contribution < 1.29 is 0 Å². The molecule has 0 aliphatic heterocycles. The smallest absolute Gasteiger partial charge is 0.132 e. The Morgan fingerprint density at radius 1 is 0.361 bits per heavy atom. The van der Waals surface area contributed by atoms with E-state index in [2.05, 4.69) is 20.8 Å². The SMILES string of the molecule is [CH2]CCCc1nc(CCCCCCCCCCCCC)nc(CCCCCCCCCCCCC)n1. The largest absolute Gasteiger partial charge is 0.218 e. The molecule has 0 fully saturated rings. The lowest BCUT2D eigenvalue weighted by Gasteiger charge is -2.08. The Labute approximate surface area is 226 Å². The molecule has 1 aromatic rings. The first kappa shape index (κ1) is 33.0. The van der Waals surface area contributed by atoms with Gasteiger partial charge in [0.05, 0.1) is 0 Å². The molecule has 209 valence electrons. The maximum atomic E-state index is 4.87. The first-order valence-electron chi connectivity index (χ1n) is 16.3. The van der Waals surface area contributed by atoms with Crippen molar-refractivity contribution in [2.75, 3.05) is 0 Å². The highest BCUT2D eigenvalue weighted by molar-refractivity contribution is 4.99. The van der Waals surface area contributed by atoms with Crippen molar-refractivity contribution >= 4 is 0 Å². The van der Waals surface area contributed by atoms with Crippen LogP contribution in [0.4, 0.5) is 0 Å². The van der Waals surface area contributed by atoms with Crippen LogP contribution in [0.1, 0.15) is 185 Å². The zero-order valence-corrected chi connectivity index (χ0v) is 24.6. The Morgan fingerprint density at radius 2 is 0.611 bits per heavy atom. The van der Waals surface area contributed by atoms with Crippen molar-refractivity contribution in [3.05, 3.63) is 24.4 Å². The molecule has 1 radical (unpaired) electrons. The molecule has 1 aromatic heterocycles. The van der Waals surface area contributed by atoms with Gasteiger partial charge < -0.3 is 0 Å². The molecule has 0 spiro atoms. The van der Waals surface area contributed by atoms with Crippen LogP contribution >= 0.6 is 0 Å². The lowest BCUT2D eigenvalue weighted by molar-refractivity contribution is 0.543. The molecule has 0 aliphatic rings. The quantitative estimate of drug-likeness (QED) is 0.113. The van der Waals surface area contributed by atoms with E-state index in [-0.39, 0.29) is 0 Å². The van der Waals surface area contributed by atoms with E-state index in [1.807, 2.05) is 0 Å². The van der Waals surface area contributed by atoms with Gasteiger partial charge in [-0.05, 0) is 19.3 Å². The number of unbranched alkanes of at least 4 members (excludes halogenated alkanes) is 21. The van der Waals surface area contributed by atoms with Gasteiger partial charge in [-0.25, -0.2) is 15.0 Å². The van der Waals surface area contributed by atoms with E-state index in [1.165, 1.54) is 141 Å². The lowest BCUT2D eigenvalue weighted by atomic mass is 10.0. The van der Waals surface area contributed by atoms with Crippen LogP contribution in [0.25, 0.3) is 0 Å². The van der Waals surface area contributed by atoms with E-state index in [1.54, 1.807) is 0 Å². The van der Waals surface area contributed by atoms with Crippen LogP contribution in [0, 0.1) is 6.92 Å². The van der Waals surface area contributed by atoms with Crippen molar-refractivity contribution in [2.45, 2.75) is 187 Å². The van der Waals surface area contributed by atoms with E-state index in [4.69, 9.17) is 15.0 Å². The number of hydrogen-bond donors (Lipinski definition) is 0. The Balaban J connectivity index is 2.21. The predicted molar refractivity (Wildman–Crippen MR) is 158 cm³/mol. The number of aromatic nitrogens is 3. The molecule has 0 saturated carbocycles. The average Bonchev–Trinajstić information content (AvgIpc) is 2.89. The molecule has 0 unspecified atom stereocenters. The van der Waals surface area contributed by atoms with Crippen molar-refractivity contribution in [3.63, 3.8) is 0 Å². The summed E-state index contributed by atoms with van der Waals surface area (Å²) in [7, 11) is 0. The fourth-order valence-corrected chi connectivity index (χ4v) is 5.04. The second kappa shape index (κ2) is 25.7. The highest BCUT2D eigenvalue weighted by Crippen LogP contribution is 2.14. The topological polar surface area (TPSA) is 38.7 Å². The van der Waals surface area contributed by atoms with Crippen LogP contribution in [0.2, 0.25) is 0 Å². The summed E-state index contributed by atoms with van der Waals surface area (Å²) in [6.45, 7) is 8.58. The third-order valence-corrected chi connectivity index (χ3v) is 7.43. The molecular formula is C33H62N3. The summed E-state index contributed by atoms with van der Waals surface area (Å²) < 4.78 is 0. The van der Waals surface area contributed by atoms with Gasteiger partial charge in [0.15, 0.2) is 0 Å². The van der Waals surface area contributed by atoms with Gasteiger partial charge in [0, 0.05) is 19.3 Å². The second-order valence-electron chi connectivity index (χ2n) is 11.1. The third-order valence-electron chi connectivity index (χ3n) is 7.43. The third kappa shape index (κ3) is 20.1. The Hall–Kier alpha value is -0.990. The zero-order valence-electron chi connectivity index (χ0n) is 24.6. The molecule has 0 amide bonds. The molecule has 3 nitrogen and oxygen atoms in total. The average molecular weight is 501 g/mol. The minimum absolute atomic E-state index is 0.947. The normalized spacial score (nSPS) is 11.4. The lowest BCUT2D eigenvalue weighted by Crippen LogP contribution is -2.08. The molecule has 3 heteroatoms. The molecule has 0 N–H and O–H groups in total. The van der Waals surface area contributed by atoms with E-state index in [0.29, 0.717) is 0 Å². The molecule has 0 atom stereocenters. The highest BCUT2D eigenvalue weighted by Gasteiger charge is 2.07. The molecule has 36 heavy (non-hydrogen) atoms. The van der Waals surface area contributed by atoms with E-state index in [0.717, 1.165) is 49.6 Å². The number of aryl methyl sites for hydroxylation is 3. The molecule has 1 rings (SSSR count). The summed E-state index contributed by atoms with van der Waals surface area (Å²) >= 11 is 0. The second-order valence-corrected chi connectivity index (χ2v) is 11.1. The Bertz CT molecular complexity index is 542. The monoisotopic (exact) mass is 500 g/mol. The van der Waals surface area contributed by atoms with Crippen LogP contribution in [0.15, 0.2) is 0 Å². The highest BCUT2D eigenvalue weighted by atomic mass is 15.0. The first-order chi connectivity index (χ1) is 17.8. The van der Waals surface area contributed by atoms with Crippen LogP contribution < -0.4 is 0 Å². The number of hydrogen-bond acceptors (Lipinski definition) is 3. The minimum atomic E-state index is 0.947. The van der Waals surface area contributed by atoms with Crippen molar-refractivity contribution in [3.8, 4) is 0 Å². The van der Waals surface area contributed by atoms with Gasteiger partial charge >= 0.3 is 0 Å². The minimum Gasteiger partial charge on any atom is -0.218 e. The van der Waals surface area contributed by atoms with Gasteiger partial charge in [-0.2, -0.15) is 0 Å². The molecule has 1 heterocycles. The van der Waals surface area contributed by atoms with Gasteiger partial charge in [0.25, 0.3) is 0 Å². The van der Waals surface area contributed by atoms with Crippen molar-refractivity contribution in [1.29, 1.82) is 0 Å². The molecule has 0 bridgehead atoms. The summed E-state index contributed by atoms with van der Waals surface area (Å²) in [5.74, 6) is 3.08. The van der Waals surface area contributed by atoms with Gasteiger partial charge in [0.1, 0.15) is 17.5 Å². The maximum Gasteiger partial charge on any atom is 0.132 e.